The van der Waals surface area contributed by atoms with Gasteiger partial charge in [-0.3, -0.25) is 9.59 Å². The van der Waals surface area contributed by atoms with Crippen molar-refractivity contribution in [3.05, 3.63) is 63.6 Å². The van der Waals surface area contributed by atoms with E-state index in [4.69, 9.17) is 0 Å². The molecule has 0 aliphatic heterocycles. The summed E-state index contributed by atoms with van der Waals surface area (Å²) in [4.78, 5) is 23.3. The molecule has 0 spiro atoms. The Bertz CT molecular complexity index is 824. The fourth-order valence-electron chi connectivity index (χ4n) is 2.29. The van der Waals surface area contributed by atoms with Crippen molar-refractivity contribution in [2.45, 2.75) is 27.0 Å². The number of hydrogen-bond acceptors (Lipinski definition) is 4. The summed E-state index contributed by atoms with van der Waals surface area (Å²) >= 11 is 0. The molecule has 25 heavy (non-hydrogen) atoms. The fraction of sp³-hybridized carbons (Fsp3) is 0.235. The minimum absolute atomic E-state index is 0.125. The van der Waals surface area contributed by atoms with Gasteiger partial charge in [0.05, 0.1) is 6.21 Å². The molecule has 0 unspecified atom stereocenters. The molecule has 1 heterocycles. The molecule has 1 amide bonds. The number of ether oxygens (including phenoxy) is 1. The van der Waals surface area contributed by atoms with Crippen molar-refractivity contribution in [2.24, 2.45) is 5.10 Å². The number of halogens is 2. The normalized spacial score (nSPS) is 11.1. The van der Waals surface area contributed by atoms with Crippen molar-refractivity contribution in [3.63, 3.8) is 0 Å². The zero-order valence-electron chi connectivity index (χ0n) is 13.7. The molecular formula is C17H17F2N3O3. The number of rotatable bonds is 6. The molecule has 0 saturated heterocycles. The summed E-state index contributed by atoms with van der Waals surface area (Å²) in [5.41, 5.74) is 3.70. The summed E-state index contributed by atoms with van der Waals surface area (Å²) in [6, 6.07) is 7.81. The van der Waals surface area contributed by atoms with Gasteiger partial charge in [-0.15, -0.1) is 0 Å². The van der Waals surface area contributed by atoms with Gasteiger partial charge >= 0.3 is 6.61 Å². The van der Waals surface area contributed by atoms with Gasteiger partial charge in [0.1, 0.15) is 12.3 Å². The predicted octanol–water partition coefficient (Wildman–Crippen LogP) is 2.22. The third kappa shape index (κ3) is 5.23. The van der Waals surface area contributed by atoms with Gasteiger partial charge in [-0.2, -0.15) is 13.9 Å². The molecule has 0 radical (unpaired) electrons. The fourth-order valence-corrected chi connectivity index (χ4v) is 2.29. The largest absolute Gasteiger partial charge is 0.434 e. The zero-order valence-corrected chi connectivity index (χ0v) is 13.7. The van der Waals surface area contributed by atoms with Gasteiger partial charge in [-0.25, -0.2) is 5.43 Å². The number of pyridine rings is 1. The lowest BCUT2D eigenvalue weighted by Gasteiger charge is -2.11. The molecule has 2 aromatic rings. The molecule has 0 bridgehead atoms. The molecule has 1 N–H and O–H groups in total. The van der Waals surface area contributed by atoms with Crippen LogP contribution >= 0.6 is 0 Å². The van der Waals surface area contributed by atoms with Gasteiger partial charge in [0, 0.05) is 12.3 Å². The van der Waals surface area contributed by atoms with E-state index in [1.54, 1.807) is 38.1 Å². The highest BCUT2D eigenvalue weighted by Crippen LogP contribution is 2.25. The lowest BCUT2D eigenvalue weighted by molar-refractivity contribution is -0.121. The number of benzene rings is 1. The number of nitrogens with zero attached hydrogens (tertiary/aromatic N) is 2. The van der Waals surface area contributed by atoms with E-state index in [1.807, 2.05) is 0 Å². The number of hydrazone groups is 1. The summed E-state index contributed by atoms with van der Waals surface area (Å²) in [6.45, 7) is 0.235. The van der Waals surface area contributed by atoms with E-state index >= 15 is 0 Å². The van der Waals surface area contributed by atoms with E-state index in [0.717, 1.165) is 0 Å². The van der Waals surface area contributed by atoms with Crippen LogP contribution in [0.5, 0.6) is 5.75 Å². The van der Waals surface area contributed by atoms with Crippen molar-refractivity contribution in [1.82, 2.24) is 9.99 Å². The van der Waals surface area contributed by atoms with Crippen LogP contribution in [0.2, 0.25) is 0 Å². The number of aryl methyl sites for hydroxylation is 2. The molecule has 0 atom stereocenters. The van der Waals surface area contributed by atoms with Crippen LogP contribution in [-0.2, 0) is 11.3 Å². The molecule has 0 fully saturated rings. The highest BCUT2D eigenvalue weighted by Gasteiger charge is 2.11. The number of nitrogens with one attached hydrogen (secondary N) is 1. The Morgan fingerprint density at radius 3 is 2.60 bits per heavy atom. The van der Waals surface area contributed by atoms with Gasteiger partial charge in [-0.1, -0.05) is 6.07 Å². The molecule has 0 saturated carbocycles. The molecule has 1 aromatic carbocycles. The lowest BCUT2D eigenvalue weighted by atomic mass is 10.1. The first-order valence-electron chi connectivity index (χ1n) is 7.40. The number of aromatic nitrogens is 1. The average molecular weight is 349 g/mol. The highest BCUT2D eigenvalue weighted by atomic mass is 19.3. The van der Waals surface area contributed by atoms with Crippen LogP contribution in [0, 0.1) is 13.8 Å². The highest BCUT2D eigenvalue weighted by molar-refractivity contribution is 5.83. The van der Waals surface area contributed by atoms with E-state index in [0.29, 0.717) is 16.7 Å². The minimum atomic E-state index is -2.89. The Morgan fingerprint density at radius 2 is 2.00 bits per heavy atom. The van der Waals surface area contributed by atoms with Crippen LogP contribution < -0.4 is 15.7 Å². The monoisotopic (exact) mass is 349 g/mol. The number of hydrogen-bond donors (Lipinski definition) is 1. The van der Waals surface area contributed by atoms with E-state index in [2.05, 4.69) is 15.3 Å². The Kier molecular flexibility index (Phi) is 5.99. The Hall–Kier alpha value is -3.03. The number of carbonyl (C=O) groups excluding carboxylic acids is 1. The second-order valence-corrected chi connectivity index (χ2v) is 5.32. The van der Waals surface area contributed by atoms with Crippen LogP contribution in [0.1, 0.15) is 16.7 Å². The lowest BCUT2D eigenvalue weighted by Crippen LogP contribution is -2.28. The molecular weight excluding hydrogens is 332 g/mol. The van der Waals surface area contributed by atoms with Crippen LogP contribution in [0.15, 0.2) is 46.4 Å². The maximum atomic E-state index is 12.4. The van der Waals surface area contributed by atoms with E-state index in [9.17, 15) is 18.4 Å². The topological polar surface area (TPSA) is 72.7 Å². The average Bonchev–Trinajstić information content (AvgIpc) is 2.53. The third-order valence-corrected chi connectivity index (χ3v) is 3.31. The maximum absolute atomic E-state index is 12.4. The van der Waals surface area contributed by atoms with Crippen molar-refractivity contribution in [3.8, 4) is 5.75 Å². The summed E-state index contributed by atoms with van der Waals surface area (Å²) < 4.78 is 30.4. The Morgan fingerprint density at radius 1 is 1.32 bits per heavy atom. The van der Waals surface area contributed by atoms with Crippen LogP contribution in [0.25, 0.3) is 0 Å². The third-order valence-electron chi connectivity index (χ3n) is 3.31. The van der Waals surface area contributed by atoms with Crippen molar-refractivity contribution >= 4 is 12.1 Å². The summed E-state index contributed by atoms with van der Waals surface area (Å²) in [6.07, 6.45) is 2.89. The summed E-state index contributed by atoms with van der Waals surface area (Å²) in [5.74, 6) is -0.338. The van der Waals surface area contributed by atoms with Crippen molar-refractivity contribution < 1.29 is 18.3 Å². The van der Waals surface area contributed by atoms with Gasteiger partial charge in [0.15, 0.2) is 0 Å². The van der Waals surface area contributed by atoms with Gasteiger partial charge in [-0.05, 0) is 48.7 Å². The standard InChI is InChI=1S/C17H17F2N3O3/c1-11-7-13(8-12(2)16(11)25-17(18)19)9-20-21-14(23)10-22-6-4-3-5-15(22)24/h3-9,17H,10H2,1-2H3,(H,21,23)/b20-9-. The zero-order chi connectivity index (χ0) is 18.4. The molecule has 0 aliphatic carbocycles. The number of alkyl halides is 2. The smallest absolute Gasteiger partial charge is 0.387 e. The quantitative estimate of drug-likeness (QED) is 0.642. The molecule has 0 aliphatic rings. The first-order valence-corrected chi connectivity index (χ1v) is 7.40. The van der Waals surface area contributed by atoms with Gasteiger partial charge < -0.3 is 9.30 Å². The Balaban J connectivity index is 2.01. The summed E-state index contributed by atoms with van der Waals surface area (Å²) in [7, 11) is 0. The summed E-state index contributed by atoms with van der Waals surface area (Å²) in [5, 5.41) is 3.81. The molecule has 132 valence electrons. The van der Waals surface area contributed by atoms with Crippen LogP contribution in [0.3, 0.4) is 0 Å². The number of carbonyl (C=O) groups is 1. The van der Waals surface area contributed by atoms with Crippen molar-refractivity contribution in [1.29, 1.82) is 0 Å². The Labute approximate surface area is 142 Å². The molecule has 2 rings (SSSR count). The van der Waals surface area contributed by atoms with E-state index < -0.39 is 12.5 Å². The van der Waals surface area contributed by atoms with E-state index in [-0.39, 0.29) is 17.9 Å². The predicted molar refractivity (Wildman–Crippen MR) is 89.0 cm³/mol. The van der Waals surface area contributed by atoms with Crippen molar-refractivity contribution in [2.75, 3.05) is 0 Å². The van der Waals surface area contributed by atoms with Crippen LogP contribution in [-0.4, -0.2) is 23.3 Å². The molecule has 8 heteroatoms. The number of amides is 1. The maximum Gasteiger partial charge on any atom is 0.387 e. The molecule has 6 nitrogen and oxygen atoms in total. The first-order chi connectivity index (χ1) is 11.9. The molecule has 1 aromatic heterocycles. The second-order valence-electron chi connectivity index (χ2n) is 5.32. The SMILES string of the molecule is Cc1cc(/C=N\NC(=O)Cn2ccccc2=O)cc(C)c1OC(F)F. The minimum Gasteiger partial charge on any atom is -0.434 e. The first kappa shape index (κ1) is 18.3. The van der Waals surface area contributed by atoms with Crippen LogP contribution in [0.4, 0.5) is 8.78 Å². The van der Waals surface area contributed by atoms with E-state index in [1.165, 1.54) is 23.0 Å². The van der Waals surface area contributed by atoms with Gasteiger partial charge in [0.25, 0.3) is 11.5 Å². The second kappa shape index (κ2) is 8.18. The van der Waals surface area contributed by atoms with Gasteiger partial charge in [0.2, 0.25) is 0 Å².